The Morgan fingerprint density at radius 1 is 1.60 bits per heavy atom. The van der Waals surface area contributed by atoms with Crippen molar-refractivity contribution in [1.29, 1.82) is 0 Å². The molecule has 5 heteroatoms. The summed E-state index contributed by atoms with van der Waals surface area (Å²) in [5, 5.41) is 12.7. The normalized spacial score (nSPS) is 14.7. The van der Waals surface area contributed by atoms with Gasteiger partial charge in [-0.25, -0.2) is 9.97 Å². The summed E-state index contributed by atoms with van der Waals surface area (Å²) in [5.41, 5.74) is 0. The summed E-state index contributed by atoms with van der Waals surface area (Å²) in [5.74, 6) is 1.44. The van der Waals surface area contributed by atoms with Gasteiger partial charge < -0.3 is 10.4 Å². The van der Waals surface area contributed by atoms with Crippen LogP contribution in [0.3, 0.4) is 0 Å². The Labute approximate surface area is 98.3 Å². The number of nitrogens with one attached hydrogen (secondary N) is 1. The van der Waals surface area contributed by atoms with Gasteiger partial charge in [-0.2, -0.15) is 0 Å². The third kappa shape index (κ3) is 3.43. The smallest absolute Gasteiger partial charge is 0.144 e. The third-order valence-corrected chi connectivity index (χ3v) is 2.79. The fourth-order valence-corrected chi connectivity index (χ4v) is 1.60. The van der Waals surface area contributed by atoms with Crippen molar-refractivity contribution in [3.05, 3.63) is 16.5 Å². The quantitative estimate of drug-likeness (QED) is 0.883. The Balaban J connectivity index is 2.82. The fourth-order valence-electron chi connectivity index (χ4n) is 1.30. The van der Waals surface area contributed by atoms with Crippen molar-refractivity contribution in [2.75, 3.05) is 5.32 Å². The molecule has 0 saturated carbocycles. The third-order valence-electron chi connectivity index (χ3n) is 2.21. The van der Waals surface area contributed by atoms with E-state index in [0.717, 1.165) is 16.7 Å². The predicted molar refractivity (Wildman–Crippen MR) is 63.9 cm³/mol. The highest BCUT2D eigenvalue weighted by atomic mass is 79.9. The molecule has 0 fully saturated rings. The van der Waals surface area contributed by atoms with Crippen LogP contribution in [0.1, 0.15) is 26.1 Å². The van der Waals surface area contributed by atoms with Crippen LogP contribution >= 0.6 is 15.9 Å². The number of aromatic nitrogens is 2. The molecule has 0 aliphatic rings. The number of aliphatic hydroxyl groups excluding tert-OH is 1. The van der Waals surface area contributed by atoms with Crippen molar-refractivity contribution in [2.24, 2.45) is 0 Å². The average Bonchev–Trinajstić information content (AvgIpc) is 2.18. The summed E-state index contributed by atoms with van der Waals surface area (Å²) in [6, 6.07) is 0.00981. The van der Waals surface area contributed by atoms with E-state index in [9.17, 15) is 5.11 Å². The van der Waals surface area contributed by atoms with E-state index in [4.69, 9.17) is 0 Å². The minimum Gasteiger partial charge on any atom is -0.391 e. The van der Waals surface area contributed by atoms with Gasteiger partial charge in [0.1, 0.15) is 11.6 Å². The molecule has 1 heterocycles. The van der Waals surface area contributed by atoms with Crippen molar-refractivity contribution in [3.63, 3.8) is 0 Å². The standard InChI is InChI=1S/C10H16BrN3O/c1-4-9(6(2)15)14-10-8(11)5-12-7(3)13-10/h5-6,9,15H,4H2,1-3H3,(H,12,13,14). The lowest BCUT2D eigenvalue weighted by Gasteiger charge is -2.20. The van der Waals surface area contributed by atoms with E-state index in [-0.39, 0.29) is 6.04 Å². The maximum Gasteiger partial charge on any atom is 0.144 e. The molecule has 84 valence electrons. The highest BCUT2D eigenvalue weighted by Crippen LogP contribution is 2.20. The van der Waals surface area contributed by atoms with Crippen LogP contribution in [0.4, 0.5) is 5.82 Å². The first kappa shape index (κ1) is 12.4. The van der Waals surface area contributed by atoms with Crippen LogP contribution in [0.25, 0.3) is 0 Å². The van der Waals surface area contributed by atoms with Crippen LogP contribution in [0, 0.1) is 6.92 Å². The fraction of sp³-hybridized carbons (Fsp3) is 0.600. The first-order valence-corrected chi connectivity index (χ1v) is 5.77. The Kier molecular flexibility index (Phi) is 4.47. The molecule has 0 aliphatic heterocycles. The molecule has 0 spiro atoms. The van der Waals surface area contributed by atoms with Crippen molar-refractivity contribution in [1.82, 2.24) is 9.97 Å². The second-order valence-corrected chi connectivity index (χ2v) is 4.37. The van der Waals surface area contributed by atoms with E-state index >= 15 is 0 Å². The number of rotatable bonds is 4. The molecule has 0 saturated heterocycles. The Morgan fingerprint density at radius 2 is 2.27 bits per heavy atom. The SMILES string of the molecule is CCC(Nc1nc(C)ncc1Br)C(C)O. The molecule has 1 aromatic heterocycles. The second-order valence-electron chi connectivity index (χ2n) is 3.51. The number of nitrogens with zero attached hydrogens (tertiary/aromatic N) is 2. The van der Waals surface area contributed by atoms with E-state index in [0.29, 0.717) is 5.82 Å². The first-order chi connectivity index (χ1) is 7.04. The van der Waals surface area contributed by atoms with Crippen molar-refractivity contribution >= 4 is 21.7 Å². The van der Waals surface area contributed by atoms with E-state index < -0.39 is 6.10 Å². The van der Waals surface area contributed by atoms with Crippen LogP contribution in [-0.4, -0.2) is 27.2 Å². The zero-order chi connectivity index (χ0) is 11.4. The van der Waals surface area contributed by atoms with Gasteiger partial charge in [-0.05, 0) is 36.2 Å². The van der Waals surface area contributed by atoms with E-state index in [1.54, 1.807) is 13.1 Å². The molecule has 2 atom stereocenters. The molecular weight excluding hydrogens is 258 g/mol. The average molecular weight is 274 g/mol. The molecular formula is C10H16BrN3O. The molecule has 1 aromatic rings. The zero-order valence-electron chi connectivity index (χ0n) is 9.16. The molecule has 4 nitrogen and oxygen atoms in total. The van der Waals surface area contributed by atoms with Crippen LogP contribution in [0.5, 0.6) is 0 Å². The van der Waals surface area contributed by atoms with Crippen LogP contribution in [0.2, 0.25) is 0 Å². The Hall–Kier alpha value is -0.680. The molecule has 0 aliphatic carbocycles. The van der Waals surface area contributed by atoms with Gasteiger partial charge in [0.15, 0.2) is 0 Å². The van der Waals surface area contributed by atoms with Crippen LogP contribution in [-0.2, 0) is 0 Å². The van der Waals surface area contributed by atoms with E-state index in [2.05, 4.69) is 31.2 Å². The number of hydrogen-bond acceptors (Lipinski definition) is 4. The summed E-state index contributed by atoms with van der Waals surface area (Å²) in [6.07, 6.45) is 2.14. The minimum absolute atomic E-state index is 0.00981. The largest absolute Gasteiger partial charge is 0.391 e. The summed E-state index contributed by atoms with van der Waals surface area (Å²) >= 11 is 3.37. The van der Waals surface area contributed by atoms with Crippen molar-refractivity contribution < 1.29 is 5.11 Å². The van der Waals surface area contributed by atoms with E-state index in [1.807, 2.05) is 13.8 Å². The lowest BCUT2D eigenvalue weighted by atomic mass is 10.1. The molecule has 1 rings (SSSR count). The lowest BCUT2D eigenvalue weighted by molar-refractivity contribution is 0.169. The van der Waals surface area contributed by atoms with Gasteiger partial charge in [0.25, 0.3) is 0 Å². The molecule has 0 amide bonds. The zero-order valence-corrected chi connectivity index (χ0v) is 10.7. The van der Waals surface area contributed by atoms with E-state index in [1.165, 1.54) is 0 Å². The van der Waals surface area contributed by atoms with Gasteiger partial charge >= 0.3 is 0 Å². The first-order valence-electron chi connectivity index (χ1n) is 4.98. The van der Waals surface area contributed by atoms with Gasteiger partial charge in [-0.3, -0.25) is 0 Å². The Morgan fingerprint density at radius 3 is 2.80 bits per heavy atom. The highest BCUT2D eigenvalue weighted by molar-refractivity contribution is 9.10. The second kappa shape index (κ2) is 5.42. The number of anilines is 1. The number of hydrogen-bond donors (Lipinski definition) is 2. The topological polar surface area (TPSA) is 58.0 Å². The number of aryl methyl sites for hydroxylation is 1. The minimum atomic E-state index is -0.405. The molecule has 2 unspecified atom stereocenters. The lowest BCUT2D eigenvalue weighted by Crippen LogP contribution is -2.31. The number of halogens is 1. The van der Waals surface area contributed by atoms with Gasteiger partial charge in [0, 0.05) is 6.20 Å². The predicted octanol–water partition coefficient (Wildman–Crippen LogP) is 2.12. The van der Waals surface area contributed by atoms with Crippen molar-refractivity contribution in [3.8, 4) is 0 Å². The van der Waals surface area contributed by atoms with Gasteiger partial charge in [-0.1, -0.05) is 6.92 Å². The monoisotopic (exact) mass is 273 g/mol. The number of aliphatic hydroxyl groups is 1. The van der Waals surface area contributed by atoms with Crippen LogP contribution < -0.4 is 5.32 Å². The van der Waals surface area contributed by atoms with Crippen molar-refractivity contribution in [2.45, 2.75) is 39.3 Å². The summed E-state index contributed by atoms with van der Waals surface area (Å²) in [7, 11) is 0. The molecule has 0 aromatic carbocycles. The Bertz CT molecular complexity index is 330. The summed E-state index contributed by atoms with van der Waals surface area (Å²) in [4.78, 5) is 8.32. The summed E-state index contributed by atoms with van der Waals surface area (Å²) < 4.78 is 0.812. The molecule has 2 N–H and O–H groups in total. The molecule has 15 heavy (non-hydrogen) atoms. The molecule has 0 bridgehead atoms. The maximum absolute atomic E-state index is 9.51. The maximum atomic E-state index is 9.51. The van der Waals surface area contributed by atoms with Gasteiger partial charge in [0.2, 0.25) is 0 Å². The van der Waals surface area contributed by atoms with Gasteiger partial charge in [-0.15, -0.1) is 0 Å². The molecule has 0 radical (unpaired) electrons. The van der Waals surface area contributed by atoms with Gasteiger partial charge in [0.05, 0.1) is 16.6 Å². The highest BCUT2D eigenvalue weighted by Gasteiger charge is 2.14. The summed E-state index contributed by atoms with van der Waals surface area (Å²) in [6.45, 7) is 5.62. The van der Waals surface area contributed by atoms with Crippen LogP contribution in [0.15, 0.2) is 10.7 Å².